The van der Waals surface area contributed by atoms with Crippen molar-refractivity contribution in [2.75, 3.05) is 13.6 Å². The van der Waals surface area contributed by atoms with E-state index in [-0.39, 0.29) is 0 Å². The highest BCUT2D eigenvalue weighted by Crippen LogP contribution is 2.25. The number of likely N-dealkylation sites (N-methyl/N-ethyl adjacent to an activating group) is 1. The van der Waals surface area contributed by atoms with E-state index in [1.807, 2.05) is 7.05 Å². The lowest BCUT2D eigenvalue weighted by Gasteiger charge is -2.22. The molecule has 0 fully saturated rings. The van der Waals surface area contributed by atoms with Gasteiger partial charge in [-0.15, -0.1) is 0 Å². The van der Waals surface area contributed by atoms with Crippen LogP contribution in [0.1, 0.15) is 30.3 Å². The normalized spacial score (nSPS) is 21.5. The lowest BCUT2D eigenvalue weighted by atomic mass is 9.99. The lowest BCUT2D eigenvalue weighted by Crippen LogP contribution is -2.24. The summed E-state index contributed by atoms with van der Waals surface area (Å²) in [6, 6.07) is 0. The number of rotatable bonds is 2. The van der Waals surface area contributed by atoms with Gasteiger partial charge in [0.25, 0.3) is 0 Å². The van der Waals surface area contributed by atoms with Crippen molar-refractivity contribution in [1.29, 1.82) is 0 Å². The molecule has 13 heavy (non-hydrogen) atoms. The summed E-state index contributed by atoms with van der Waals surface area (Å²) >= 11 is 0. The highest BCUT2D eigenvalue weighted by molar-refractivity contribution is 5.09. The van der Waals surface area contributed by atoms with Crippen molar-refractivity contribution in [2.24, 2.45) is 0 Å². The van der Waals surface area contributed by atoms with E-state index in [9.17, 15) is 0 Å². The summed E-state index contributed by atoms with van der Waals surface area (Å²) in [6.45, 7) is 4.27. The molecule has 1 aromatic heterocycles. The zero-order valence-corrected chi connectivity index (χ0v) is 8.38. The molecule has 2 heterocycles. The van der Waals surface area contributed by atoms with Gasteiger partial charge in [0, 0.05) is 25.2 Å². The van der Waals surface area contributed by atoms with Gasteiger partial charge in [-0.1, -0.05) is 0 Å². The second-order valence-electron chi connectivity index (χ2n) is 3.83. The van der Waals surface area contributed by atoms with Crippen molar-refractivity contribution in [2.45, 2.75) is 32.2 Å². The molecule has 0 aliphatic carbocycles. The molecular weight excluding hydrogens is 162 g/mol. The van der Waals surface area contributed by atoms with Crippen molar-refractivity contribution in [3.8, 4) is 0 Å². The van der Waals surface area contributed by atoms with Crippen LogP contribution in [-0.2, 0) is 6.54 Å². The monoisotopic (exact) mass is 179 g/mol. The van der Waals surface area contributed by atoms with E-state index in [0.717, 1.165) is 18.8 Å². The number of hydrogen-bond donors (Lipinski definition) is 1. The molecule has 0 saturated carbocycles. The van der Waals surface area contributed by atoms with Crippen molar-refractivity contribution in [1.82, 2.24) is 14.9 Å². The molecule has 72 valence electrons. The lowest BCUT2D eigenvalue weighted by molar-refractivity contribution is 0.432. The van der Waals surface area contributed by atoms with Crippen molar-refractivity contribution in [3.05, 3.63) is 17.7 Å². The molecule has 1 aliphatic heterocycles. The van der Waals surface area contributed by atoms with Crippen LogP contribution >= 0.6 is 0 Å². The minimum Gasteiger partial charge on any atom is -0.334 e. The maximum Gasteiger partial charge on any atom is 0.113 e. The summed E-state index contributed by atoms with van der Waals surface area (Å²) in [5.74, 6) is 1.89. The molecule has 0 radical (unpaired) electrons. The predicted molar refractivity (Wildman–Crippen MR) is 52.9 cm³/mol. The summed E-state index contributed by atoms with van der Waals surface area (Å²) in [6.07, 6.45) is 4.73. The molecule has 1 atom stereocenters. The van der Waals surface area contributed by atoms with Gasteiger partial charge < -0.3 is 9.88 Å². The molecule has 3 heteroatoms. The molecule has 3 nitrogen and oxygen atoms in total. The quantitative estimate of drug-likeness (QED) is 0.741. The minimum absolute atomic E-state index is 0.618. The SMILES string of the molecule is CNCC1CCCn2cc(C)nc21. The minimum atomic E-state index is 0.618. The van der Waals surface area contributed by atoms with Crippen LogP contribution in [-0.4, -0.2) is 23.1 Å². The van der Waals surface area contributed by atoms with E-state index >= 15 is 0 Å². The van der Waals surface area contributed by atoms with Gasteiger partial charge in [-0.2, -0.15) is 0 Å². The Morgan fingerprint density at radius 3 is 3.31 bits per heavy atom. The summed E-state index contributed by atoms with van der Waals surface area (Å²) < 4.78 is 2.31. The Morgan fingerprint density at radius 1 is 1.69 bits per heavy atom. The molecular formula is C10H17N3. The molecule has 0 bridgehead atoms. The van der Waals surface area contributed by atoms with E-state index in [0.29, 0.717) is 5.92 Å². The second-order valence-corrected chi connectivity index (χ2v) is 3.83. The zero-order chi connectivity index (χ0) is 9.26. The topological polar surface area (TPSA) is 29.9 Å². The Hall–Kier alpha value is -0.830. The van der Waals surface area contributed by atoms with E-state index in [4.69, 9.17) is 0 Å². The first kappa shape index (κ1) is 8.75. The van der Waals surface area contributed by atoms with Gasteiger partial charge in [0.1, 0.15) is 5.82 Å². The largest absolute Gasteiger partial charge is 0.334 e. The van der Waals surface area contributed by atoms with Crippen molar-refractivity contribution < 1.29 is 0 Å². The van der Waals surface area contributed by atoms with Crippen LogP contribution in [0.25, 0.3) is 0 Å². The van der Waals surface area contributed by atoms with Gasteiger partial charge in [-0.3, -0.25) is 0 Å². The molecule has 0 saturated heterocycles. The maximum atomic E-state index is 4.57. The van der Waals surface area contributed by atoms with Crippen LogP contribution in [0.15, 0.2) is 6.20 Å². The van der Waals surface area contributed by atoms with Gasteiger partial charge in [0.05, 0.1) is 5.69 Å². The van der Waals surface area contributed by atoms with E-state index in [2.05, 4.69) is 28.0 Å². The Kier molecular flexibility index (Phi) is 2.36. The number of imidazole rings is 1. The Morgan fingerprint density at radius 2 is 2.54 bits per heavy atom. The first-order chi connectivity index (χ1) is 6.31. The number of nitrogens with zero attached hydrogens (tertiary/aromatic N) is 2. The van der Waals surface area contributed by atoms with Crippen LogP contribution in [0.5, 0.6) is 0 Å². The molecule has 0 amide bonds. The molecule has 1 aliphatic rings. The number of aromatic nitrogens is 2. The molecule has 0 aromatic carbocycles. The standard InChI is InChI=1S/C10H17N3/c1-8-7-13-5-3-4-9(6-11-2)10(13)12-8/h7,9,11H,3-6H2,1-2H3. The summed E-state index contributed by atoms with van der Waals surface area (Å²) in [7, 11) is 2.01. The van der Waals surface area contributed by atoms with Crippen LogP contribution < -0.4 is 5.32 Å². The van der Waals surface area contributed by atoms with Crippen molar-refractivity contribution >= 4 is 0 Å². The Bertz CT molecular complexity index is 290. The predicted octanol–water partition coefficient (Wildman–Crippen LogP) is 1.29. The third-order valence-electron chi connectivity index (χ3n) is 2.70. The number of nitrogens with one attached hydrogen (secondary N) is 1. The van der Waals surface area contributed by atoms with Crippen molar-refractivity contribution in [3.63, 3.8) is 0 Å². The first-order valence-corrected chi connectivity index (χ1v) is 4.99. The van der Waals surface area contributed by atoms with Crippen LogP contribution in [0.4, 0.5) is 0 Å². The summed E-state index contributed by atoms with van der Waals surface area (Å²) in [4.78, 5) is 4.57. The number of fused-ring (bicyclic) bond motifs is 1. The smallest absolute Gasteiger partial charge is 0.113 e. The van der Waals surface area contributed by atoms with E-state index < -0.39 is 0 Å². The van der Waals surface area contributed by atoms with Crippen LogP contribution in [0.2, 0.25) is 0 Å². The Labute approximate surface area is 79.2 Å². The molecule has 0 spiro atoms. The fraction of sp³-hybridized carbons (Fsp3) is 0.700. The second kappa shape index (κ2) is 3.50. The fourth-order valence-corrected chi connectivity index (χ4v) is 2.15. The van der Waals surface area contributed by atoms with Gasteiger partial charge >= 0.3 is 0 Å². The third-order valence-corrected chi connectivity index (χ3v) is 2.70. The summed E-state index contributed by atoms with van der Waals surface area (Å²) in [5.41, 5.74) is 1.15. The van der Waals surface area contributed by atoms with E-state index in [1.165, 1.54) is 18.7 Å². The third kappa shape index (κ3) is 1.61. The summed E-state index contributed by atoms with van der Waals surface area (Å²) in [5, 5.41) is 3.23. The average Bonchev–Trinajstić information content (AvgIpc) is 2.47. The molecule has 2 rings (SSSR count). The maximum absolute atomic E-state index is 4.57. The highest BCUT2D eigenvalue weighted by Gasteiger charge is 2.21. The van der Waals surface area contributed by atoms with Gasteiger partial charge in [-0.25, -0.2) is 4.98 Å². The highest BCUT2D eigenvalue weighted by atomic mass is 15.1. The average molecular weight is 179 g/mol. The molecule has 1 unspecified atom stereocenters. The van der Waals surface area contributed by atoms with Gasteiger partial charge in [-0.05, 0) is 26.8 Å². The van der Waals surface area contributed by atoms with Gasteiger partial charge in [0.2, 0.25) is 0 Å². The Balaban J connectivity index is 2.25. The number of aryl methyl sites for hydroxylation is 2. The molecule has 1 aromatic rings. The van der Waals surface area contributed by atoms with Crippen LogP contribution in [0.3, 0.4) is 0 Å². The van der Waals surface area contributed by atoms with Crippen LogP contribution in [0, 0.1) is 6.92 Å². The van der Waals surface area contributed by atoms with Gasteiger partial charge in [0.15, 0.2) is 0 Å². The fourth-order valence-electron chi connectivity index (χ4n) is 2.15. The number of hydrogen-bond acceptors (Lipinski definition) is 2. The first-order valence-electron chi connectivity index (χ1n) is 4.99. The van der Waals surface area contributed by atoms with E-state index in [1.54, 1.807) is 0 Å². The molecule has 1 N–H and O–H groups in total. The zero-order valence-electron chi connectivity index (χ0n) is 8.38.